The van der Waals surface area contributed by atoms with Crippen molar-refractivity contribution in [2.45, 2.75) is 18.7 Å². The third kappa shape index (κ3) is 6.63. The van der Waals surface area contributed by atoms with Crippen LogP contribution in [0.3, 0.4) is 0 Å². The molecule has 0 aliphatic carbocycles. The highest BCUT2D eigenvalue weighted by molar-refractivity contribution is 7.92. The van der Waals surface area contributed by atoms with Crippen molar-refractivity contribution in [3.63, 3.8) is 0 Å². The number of carbonyl (C=O) groups is 2. The minimum atomic E-state index is -3.80. The Balaban J connectivity index is 1.61. The molecule has 0 aromatic heterocycles. The van der Waals surface area contributed by atoms with Crippen LogP contribution in [0.15, 0.2) is 77.7 Å². The Kier molecular flexibility index (Phi) is 7.98. The maximum atomic E-state index is 12.7. The quantitative estimate of drug-likeness (QED) is 0.315. The van der Waals surface area contributed by atoms with E-state index in [0.29, 0.717) is 34.9 Å². The van der Waals surface area contributed by atoms with Gasteiger partial charge < -0.3 is 10.1 Å². The number of ketones is 1. The number of amides is 1. The lowest BCUT2D eigenvalue weighted by atomic mass is 10.1. The van der Waals surface area contributed by atoms with E-state index in [1.807, 2.05) is 6.92 Å². The molecule has 8 nitrogen and oxygen atoms in total. The molecule has 3 N–H and O–H groups in total. The Morgan fingerprint density at radius 2 is 1.53 bits per heavy atom. The van der Waals surface area contributed by atoms with Crippen LogP contribution in [0.4, 0.5) is 11.4 Å². The number of rotatable bonds is 8. The Hall–Kier alpha value is -3.76. The van der Waals surface area contributed by atoms with Crippen molar-refractivity contribution in [1.29, 1.82) is 0 Å². The number of benzene rings is 3. The SMILES string of the molecule is CCOc1ccc(NS(=O)(=O)c2ccc(NC(=S)NC(=O)c3cccc(C(C)=O)c3)cc2)cc1. The first-order chi connectivity index (χ1) is 16.2. The van der Waals surface area contributed by atoms with E-state index in [1.54, 1.807) is 42.5 Å². The van der Waals surface area contributed by atoms with Crippen molar-refractivity contribution >= 4 is 50.4 Å². The van der Waals surface area contributed by atoms with E-state index in [9.17, 15) is 18.0 Å². The largest absolute Gasteiger partial charge is 0.494 e. The Morgan fingerprint density at radius 1 is 0.912 bits per heavy atom. The fourth-order valence-electron chi connectivity index (χ4n) is 2.93. The van der Waals surface area contributed by atoms with E-state index in [0.717, 1.165) is 0 Å². The predicted octanol–water partition coefficient (Wildman–Crippen LogP) is 4.22. The van der Waals surface area contributed by atoms with Gasteiger partial charge in [0.05, 0.1) is 11.5 Å². The summed E-state index contributed by atoms with van der Waals surface area (Å²) in [5, 5.41) is 5.39. The second-order valence-electron chi connectivity index (χ2n) is 7.13. The molecular weight excluding hydrogens is 474 g/mol. The van der Waals surface area contributed by atoms with E-state index in [-0.39, 0.29) is 15.8 Å². The van der Waals surface area contributed by atoms with Crippen molar-refractivity contribution in [3.05, 3.63) is 83.9 Å². The molecule has 0 atom stereocenters. The van der Waals surface area contributed by atoms with Gasteiger partial charge in [-0.05, 0) is 86.7 Å². The average molecular weight is 498 g/mol. The summed E-state index contributed by atoms with van der Waals surface area (Å²) in [5.41, 5.74) is 1.60. The number of nitrogens with one attached hydrogen (secondary N) is 3. The van der Waals surface area contributed by atoms with Crippen LogP contribution in [-0.2, 0) is 10.0 Å². The van der Waals surface area contributed by atoms with Crippen LogP contribution in [0.25, 0.3) is 0 Å². The Bertz CT molecular complexity index is 1310. The summed E-state index contributed by atoms with van der Waals surface area (Å²) in [4.78, 5) is 23.9. The molecule has 0 fully saturated rings. The van der Waals surface area contributed by atoms with Gasteiger partial charge in [-0.15, -0.1) is 0 Å². The zero-order valence-corrected chi connectivity index (χ0v) is 20.1. The van der Waals surface area contributed by atoms with Gasteiger partial charge >= 0.3 is 0 Å². The maximum absolute atomic E-state index is 12.7. The molecule has 3 rings (SSSR count). The van der Waals surface area contributed by atoms with Crippen molar-refractivity contribution < 1.29 is 22.7 Å². The first-order valence-corrected chi connectivity index (χ1v) is 12.2. The number of anilines is 2. The topological polar surface area (TPSA) is 114 Å². The molecule has 10 heteroatoms. The van der Waals surface area contributed by atoms with Crippen LogP contribution < -0.4 is 20.1 Å². The Morgan fingerprint density at radius 3 is 2.15 bits per heavy atom. The number of carbonyl (C=O) groups excluding carboxylic acids is 2. The van der Waals surface area contributed by atoms with Crippen LogP contribution in [-0.4, -0.2) is 31.8 Å². The standard InChI is InChI=1S/C24H23N3O5S2/c1-3-32-21-11-7-20(8-12-21)27-34(30,31)22-13-9-19(10-14-22)25-24(33)26-23(29)18-6-4-5-17(15-18)16(2)28/h4-15,27H,3H2,1-2H3,(H2,25,26,29,33). The molecule has 176 valence electrons. The molecule has 0 bridgehead atoms. The first-order valence-electron chi connectivity index (χ1n) is 10.3. The van der Waals surface area contributed by atoms with Gasteiger partial charge in [0, 0.05) is 22.5 Å². The molecule has 1 amide bonds. The molecule has 0 heterocycles. The molecule has 0 unspecified atom stereocenters. The highest BCUT2D eigenvalue weighted by atomic mass is 32.2. The number of hydrogen-bond donors (Lipinski definition) is 3. The van der Waals surface area contributed by atoms with Gasteiger partial charge in [0.2, 0.25) is 0 Å². The third-order valence-corrected chi connectivity index (χ3v) is 6.20. The molecule has 0 saturated carbocycles. The van der Waals surface area contributed by atoms with Gasteiger partial charge in [-0.25, -0.2) is 8.42 Å². The number of hydrogen-bond acceptors (Lipinski definition) is 6. The number of thiocarbonyl (C=S) groups is 1. The lowest BCUT2D eigenvalue weighted by Crippen LogP contribution is -2.34. The number of ether oxygens (including phenoxy) is 1. The van der Waals surface area contributed by atoms with Gasteiger partial charge in [-0.3, -0.25) is 19.6 Å². The van der Waals surface area contributed by atoms with Crippen molar-refractivity contribution in [1.82, 2.24) is 5.32 Å². The molecule has 34 heavy (non-hydrogen) atoms. The molecule has 0 aliphatic rings. The van der Waals surface area contributed by atoms with Crippen molar-refractivity contribution in [2.75, 3.05) is 16.6 Å². The molecule has 3 aromatic carbocycles. The second kappa shape index (κ2) is 10.9. The zero-order chi connectivity index (χ0) is 24.7. The van der Waals surface area contributed by atoms with E-state index in [2.05, 4.69) is 15.4 Å². The minimum absolute atomic E-state index is 0.0290. The third-order valence-electron chi connectivity index (χ3n) is 4.60. The predicted molar refractivity (Wildman–Crippen MR) is 135 cm³/mol. The van der Waals surface area contributed by atoms with Crippen LogP contribution in [0.1, 0.15) is 34.6 Å². The summed E-state index contributed by atoms with van der Waals surface area (Å²) < 4.78 is 33.2. The molecule has 0 radical (unpaired) electrons. The van der Waals surface area contributed by atoms with Crippen LogP contribution in [0.5, 0.6) is 5.75 Å². The van der Waals surface area contributed by atoms with Gasteiger partial charge in [0.1, 0.15) is 5.75 Å². The van der Waals surface area contributed by atoms with Crippen molar-refractivity contribution in [3.8, 4) is 5.75 Å². The summed E-state index contributed by atoms with van der Waals surface area (Å²) in [7, 11) is -3.80. The van der Waals surface area contributed by atoms with E-state index in [1.165, 1.54) is 37.3 Å². The fraction of sp³-hybridized carbons (Fsp3) is 0.125. The zero-order valence-electron chi connectivity index (χ0n) is 18.5. The summed E-state index contributed by atoms with van der Waals surface area (Å²) >= 11 is 5.17. The molecular formula is C24H23N3O5S2. The molecule has 0 saturated heterocycles. The summed E-state index contributed by atoms with van der Waals surface area (Å²) in [6.07, 6.45) is 0. The highest BCUT2D eigenvalue weighted by Gasteiger charge is 2.15. The van der Waals surface area contributed by atoms with Gasteiger partial charge in [-0.2, -0.15) is 0 Å². The lowest BCUT2D eigenvalue weighted by molar-refractivity contribution is 0.0977. The lowest BCUT2D eigenvalue weighted by Gasteiger charge is -2.12. The normalized spacial score (nSPS) is 10.8. The van der Waals surface area contributed by atoms with E-state index >= 15 is 0 Å². The minimum Gasteiger partial charge on any atom is -0.494 e. The second-order valence-corrected chi connectivity index (χ2v) is 9.22. The molecule has 3 aromatic rings. The monoisotopic (exact) mass is 497 g/mol. The highest BCUT2D eigenvalue weighted by Crippen LogP contribution is 2.21. The maximum Gasteiger partial charge on any atom is 0.261 e. The van der Waals surface area contributed by atoms with Gasteiger partial charge in [-0.1, -0.05) is 12.1 Å². The molecule has 0 aliphatic heterocycles. The summed E-state index contributed by atoms with van der Waals surface area (Å²) in [5.74, 6) is 0.0252. The number of Topliss-reactive ketones (excluding diaryl/α,β-unsaturated/α-hetero) is 1. The smallest absolute Gasteiger partial charge is 0.261 e. The van der Waals surface area contributed by atoms with Gasteiger partial charge in [0.15, 0.2) is 10.9 Å². The summed E-state index contributed by atoms with van der Waals surface area (Å²) in [6.45, 7) is 3.80. The van der Waals surface area contributed by atoms with Gasteiger partial charge in [0.25, 0.3) is 15.9 Å². The number of sulfonamides is 1. The van der Waals surface area contributed by atoms with E-state index < -0.39 is 15.9 Å². The van der Waals surface area contributed by atoms with Crippen LogP contribution in [0, 0.1) is 0 Å². The fourth-order valence-corrected chi connectivity index (χ4v) is 4.20. The summed E-state index contributed by atoms with van der Waals surface area (Å²) in [6, 6.07) is 18.8. The van der Waals surface area contributed by atoms with Crippen LogP contribution >= 0.6 is 12.2 Å². The first kappa shape index (κ1) is 24.9. The van der Waals surface area contributed by atoms with Crippen molar-refractivity contribution in [2.24, 2.45) is 0 Å². The van der Waals surface area contributed by atoms with E-state index in [4.69, 9.17) is 17.0 Å². The van der Waals surface area contributed by atoms with Crippen LogP contribution in [0.2, 0.25) is 0 Å². The molecule has 0 spiro atoms. The Labute approximate surface area is 203 Å². The average Bonchev–Trinajstić information content (AvgIpc) is 2.80.